The second-order valence-electron chi connectivity index (χ2n) is 4.47. The van der Waals surface area contributed by atoms with Crippen molar-refractivity contribution >= 4 is 0 Å². The van der Waals surface area contributed by atoms with Crippen LogP contribution in [0.1, 0.15) is 28.7 Å². The van der Waals surface area contributed by atoms with Gasteiger partial charge < -0.3 is 0 Å². The minimum atomic E-state index is 0.704. The first-order valence-electron chi connectivity index (χ1n) is 6.30. The van der Waals surface area contributed by atoms with Crippen LogP contribution in [-0.4, -0.2) is 0 Å². The van der Waals surface area contributed by atoms with Crippen LogP contribution in [0, 0.1) is 22.7 Å². The molecule has 0 bridgehead atoms. The Bertz CT molecular complexity index is 553. The Kier molecular flexibility index (Phi) is 4.32. The molecule has 0 atom stereocenters. The third-order valence-corrected chi connectivity index (χ3v) is 3.10. The van der Waals surface area contributed by atoms with Crippen LogP contribution in [0.4, 0.5) is 0 Å². The summed E-state index contributed by atoms with van der Waals surface area (Å²) in [4.78, 5) is 0. The number of aryl methyl sites for hydroxylation is 2. The van der Waals surface area contributed by atoms with Gasteiger partial charge in [-0.1, -0.05) is 24.3 Å². The highest BCUT2D eigenvalue weighted by Gasteiger charge is 1.97. The first-order chi connectivity index (χ1) is 9.31. The van der Waals surface area contributed by atoms with Crippen LogP contribution in [0.3, 0.4) is 0 Å². The first-order valence-corrected chi connectivity index (χ1v) is 6.30. The van der Waals surface area contributed by atoms with E-state index >= 15 is 0 Å². The van der Waals surface area contributed by atoms with E-state index < -0.39 is 0 Å². The average Bonchev–Trinajstić information content (AvgIpc) is 2.49. The lowest BCUT2D eigenvalue weighted by molar-refractivity contribution is 0.820. The lowest BCUT2D eigenvalue weighted by atomic mass is 10.0. The molecule has 2 rings (SSSR count). The van der Waals surface area contributed by atoms with E-state index in [0.717, 1.165) is 19.3 Å². The lowest BCUT2D eigenvalue weighted by Gasteiger charge is -2.03. The zero-order chi connectivity index (χ0) is 13.5. The van der Waals surface area contributed by atoms with E-state index in [4.69, 9.17) is 10.5 Å². The van der Waals surface area contributed by atoms with E-state index in [-0.39, 0.29) is 0 Å². The van der Waals surface area contributed by atoms with Crippen molar-refractivity contribution in [2.45, 2.75) is 19.3 Å². The van der Waals surface area contributed by atoms with Crippen molar-refractivity contribution in [2.24, 2.45) is 0 Å². The zero-order valence-electron chi connectivity index (χ0n) is 10.6. The molecule has 0 amide bonds. The molecule has 92 valence electrons. The molecule has 0 aliphatic carbocycles. The van der Waals surface area contributed by atoms with E-state index in [0.29, 0.717) is 11.1 Å². The summed E-state index contributed by atoms with van der Waals surface area (Å²) in [6.07, 6.45) is 3.08. The number of nitrogens with zero attached hydrogens (tertiary/aromatic N) is 2. The number of benzene rings is 2. The highest BCUT2D eigenvalue weighted by atomic mass is 14.2. The molecule has 0 heterocycles. The van der Waals surface area contributed by atoms with Crippen LogP contribution in [0.2, 0.25) is 0 Å². The van der Waals surface area contributed by atoms with Crippen molar-refractivity contribution in [3.63, 3.8) is 0 Å². The molecular weight excluding hydrogens is 232 g/mol. The molecule has 0 saturated heterocycles. The number of nitriles is 2. The third-order valence-electron chi connectivity index (χ3n) is 3.10. The van der Waals surface area contributed by atoms with Crippen LogP contribution in [0.5, 0.6) is 0 Å². The highest BCUT2D eigenvalue weighted by molar-refractivity contribution is 5.33. The van der Waals surface area contributed by atoms with Crippen molar-refractivity contribution in [3.05, 3.63) is 70.8 Å². The lowest BCUT2D eigenvalue weighted by Crippen LogP contribution is -1.90. The third kappa shape index (κ3) is 3.69. The maximum absolute atomic E-state index is 8.72. The molecule has 0 N–H and O–H groups in total. The molecule has 0 spiro atoms. The van der Waals surface area contributed by atoms with Gasteiger partial charge in [0.05, 0.1) is 23.3 Å². The van der Waals surface area contributed by atoms with Gasteiger partial charge in [-0.3, -0.25) is 0 Å². The van der Waals surface area contributed by atoms with Crippen LogP contribution in [-0.2, 0) is 12.8 Å². The predicted octanol–water partition coefficient (Wildman–Crippen LogP) is 3.61. The molecule has 0 radical (unpaired) electrons. The summed E-state index contributed by atoms with van der Waals surface area (Å²) in [7, 11) is 0. The van der Waals surface area contributed by atoms with E-state index in [1.807, 2.05) is 48.5 Å². The van der Waals surface area contributed by atoms with Gasteiger partial charge in [-0.05, 0) is 54.7 Å². The van der Waals surface area contributed by atoms with Gasteiger partial charge in [-0.25, -0.2) is 0 Å². The SMILES string of the molecule is N#Cc1ccc(CCCc2ccc(C#N)cc2)cc1. The summed E-state index contributed by atoms with van der Waals surface area (Å²) in [6, 6.07) is 19.7. The fourth-order valence-electron chi connectivity index (χ4n) is 1.99. The summed E-state index contributed by atoms with van der Waals surface area (Å²) in [5.41, 5.74) is 3.92. The summed E-state index contributed by atoms with van der Waals surface area (Å²) < 4.78 is 0. The topological polar surface area (TPSA) is 47.6 Å². The van der Waals surface area contributed by atoms with Gasteiger partial charge in [0.2, 0.25) is 0 Å². The van der Waals surface area contributed by atoms with Crippen molar-refractivity contribution < 1.29 is 0 Å². The van der Waals surface area contributed by atoms with Gasteiger partial charge in [0, 0.05) is 0 Å². The van der Waals surface area contributed by atoms with Crippen molar-refractivity contribution in [3.8, 4) is 12.1 Å². The number of hydrogen-bond acceptors (Lipinski definition) is 2. The average molecular weight is 246 g/mol. The molecule has 0 aliphatic heterocycles. The van der Waals surface area contributed by atoms with E-state index in [2.05, 4.69) is 12.1 Å². The Hall–Kier alpha value is -2.58. The molecule has 2 aromatic carbocycles. The van der Waals surface area contributed by atoms with Crippen molar-refractivity contribution in [1.82, 2.24) is 0 Å². The number of hydrogen-bond donors (Lipinski definition) is 0. The minimum absolute atomic E-state index is 0.704. The van der Waals surface area contributed by atoms with Gasteiger partial charge in [0.1, 0.15) is 0 Å². The quantitative estimate of drug-likeness (QED) is 0.827. The summed E-state index contributed by atoms with van der Waals surface area (Å²) in [6.45, 7) is 0. The largest absolute Gasteiger partial charge is 0.192 e. The van der Waals surface area contributed by atoms with Gasteiger partial charge in [0.15, 0.2) is 0 Å². The van der Waals surface area contributed by atoms with Crippen LogP contribution in [0.25, 0.3) is 0 Å². The van der Waals surface area contributed by atoms with Gasteiger partial charge in [-0.2, -0.15) is 10.5 Å². The van der Waals surface area contributed by atoms with E-state index in [9.17, 15) is 0 Å². The molecule has 2 nitrogen and oxygen atoms in total. The van der Waals surface area contributed by atoms with Gasteiger partial charge in [0.25, 0.3) is 0 Å². The normalized spacial score (nSPS) is 9.58. The van der Waals surface area contributed by atoms with Crippen LogP contribution in [0.15, 0.2) is 48.5 Å². The Morgan fingerprint density at radius 2 is 1.00 bits per heavy atom. The second kappa shape index (κ2) is 6.38. The second-order valence-corrected chi connectivity index (χ2v) is 4.47. The van der Waals surface area contributed by atoms with Gasteiger partial charge in [-0.15, -0.1) is 0 Å². The molecule has 2 heteroatoms. The number of rotatable bonds is 4. The van der Waals surface area contributed by atoms with Crippen molar-refractivity contribution in [1.29, 1.82) is 10.5 Å². The predicted molar refractivity (Wildman–Crippen MR) is 74.3 cm³/mol. The van der Waals surface area contributed by atoms with E-state index in [1.54, 1.807) is 0 Å². The summed E-state index contributed by atoms with van der Waals surface area (Å²) in [5.74, 6) is 0. The molecule has 0 fully saturated rings. The summed E-state index contributed by atoms with van der Waals surface area (Å²) >= 11 is 0. The first kappa shape index (κ1) is 12.9. The molecule has 0 unspecified atom stereocenters. The smallest absolute Gasteiger partial charge is 0.0991 e. The molecule has 0 aromatic heterocycles. The maximum Gasteiger partial charge on any atom is 0.0991 e. The Labute approximate surface area is 113 Å². The minimum Gasteiger partial charge on any atom is -0.192 e. The molecule has 2 aromatic rings. The fourth-order valence-corrected chi connectivity index (χ4v) is 1.99. The van der Waals surface area contributed by atoms with Crippen LogP contribution >= 0.6 is 0 Å². The molecular formula is C17H14N2. The standard InChI is InChI=1S/C17H14N2/c18-12-16-8-4-14(5-9-16)2-1-3-15-6-10-17(13-19)11-7-15/h4-11H,1-3H2. The zero-order valence-corrected chi connectivity index (χ0v) is 10.6. The van der Waals surface area contributed by atoms with E-state index in [1.165, 1.54) is 11.1 Å². The fraction of sp³-hybridized carbons (Fsp3) is 0.176. The maximum atomic E-state index is 8.72. The highest BCUT2D eigenvalue weighted by Crippen LogP contribution is 2.10. The summed E-state index contributed by atoms with van der Waals surface area (Å²) in [5, 5.41) is 17.4. The van der Waals surface area contributed by atoms with Gasteiger partial charge >= 0.3 is 0 Å². The Morgan fingerprint density at radius 3 is 1.32 bits per heavy atom. The molecule has 0 aliphatic rings. The van der Waals surface area contributed by atoms with Crippen molar-refractivity contribution in [2.75, 3.05) is 0 Å². The monoisotopic (exact) mass is 246 g/mol. The van der Waals surface area contributed by atoms with Crippen LogP contribution < -0.4 is 0 Å². The Morgan fingerprint density at radius 1 is 0.632 bits per heavy atom. The molecule has 0 saturated carbocycles. The molecule has 19 heavy (non-hydrogen) atoms. The Balaban J connectivity index is 1.85.